The molecule has 0 aliphatic heterocycles. The summed E-state index contributed by atoms with van der Waals surface area (Å²) in [7, 11) is 0. The summed E-state index contributed by atoms with van der Waals surface area (Å²) in [5, 5.41) is 8.73. The Morgan fingerprint density at radius 3 is 2.39 bits per heavy atom. The van der Waals surface area contributed by atoms with E-state index in [1.165, 1.54) is 0 Å². The summed E-state index contributed by atoms with van der Waals surface area (Å²) in [6.07, 6.45) is -0.122. The summed E-state index contributed by atoms with van der Waals surface area (Å²) in [4.78, 5) is 0. The lowest BCUT2D eigenvalue weighted by Crippen LogP contribution is -2.17. The quantitative estimate of drug-likeness (QED) is 0.645. The van der Waals surface area contributed by atoms with Crippen LogP contribution in [0.25, 0.3) is 0 Å². The Balaban J connectivity index is 1.87. The van der Waals surface area contributed by atoms with Gasteiger partial charge in [-0.1, -0.05) is 30.3 Å². The first kappa shape index (κ1) is 15.1. The normalized spacial score (nSPS) is 12.6. The Morgan fingerprint density at radius 2 is 1.67 bits per heavy atom. The molecular weight excluding hydrogens is 232 g/mol. The molecule has 0 saturated heterocycles. The Kier molecular flexibility index (Phi) is 8.42. The molecule has 1 rings (SSSR count). The Bertz CT molecular complexity index is 289. The van der Waals surface area contributed by atoms with Crippen LogP contribution in [-0.4, -0.2) is 44.2 Å². The fraction of sp³-hybridized carbons (Fsp3) is 0.571. The minimum atomic E-state index is -0.122. The predicted octanol–water partition coefficient (Wildman–Crippen LogP) is 1.62. The molecular formula is C14H22O4. The highest BCUT2D eigenvalue weighted by Gasteiger charge is 1.98. The average Bonchev–Trinajstić information content (AvgIpc) is 2.42. The molecule has 1 N–H and O–H groups in total. The Labute approximate surface area is 108 Å². The first-order valence-corrected chi connectivity index (χ1v) is 6.25. The van der Waals surface area contributed by atoms with Crippen molar-refractivity contribution in [3.8, 4) is 0 Å². The molecule has 4 nitrogen and oxygen atoms in total. The molecule has 1 aromatic rings. The van der Waals surface area contributed by atoms with Gasteiger partial charge in [0.05, 0.1) is 45.7 Å². The van der Waals surface area contributed by atoms with Crippen molar-refractivity contribution in [3.63, 3.8) is 0 Å². The van der Waals surface area contributed by atoms with Crippen LogP contribution in [0.15, 0.2) is 30.3 Å². The maximum absolute atomic E-state index is 8.73. The van der Waals surface area contributed by atoms with E-state index in [1.54, 1.807) is 0 Å². The number of ether oxygens (including phenoxy) is 3. The van der Waals surface area contributed by atoms with E-state index >= 15 is 0 Å². The summed E-state index contributed by atoms with van der Waals surface area (Å²) in [6, 6.07) is 10.0. The molecule has 0 aliphatic carbocycles. The molecule has 0 fully saturated rings. The van der Waals surface area contributed by atoms with Crippen LogP contribution in [0.2, 0.25) is 0 Å². The van der Waals surface area contributed by atoms with Crippen LogP contribution in [0.3, 0.4) is 0 Å². The molecule has 0 heterocycles. The number of aliphatic hydroxyl groups is 1. The number of rotatable bonds is 10. The zero-order valence-electron chi connectivity index (χ0n) is 10.9. The molecule has 0 aliphatic rings. The third-order valence-corrected chi connectivity index (χ3v) is 2.37. The molecule has 4 heteroatoms. The molecule has 0 bridgehead atoms. The fourth-order valence-corrected chi connectivity index (χ4v) is 1.35. The molecule has 0 amide bonds. The van der Waals surface area contributed by atoms with Crippen molar-refractivity contribution in [2.75, 3.05) is 33.0 Å². The van der Waals surface area contributed by atoms with Crippen molar-refractivity contribution >= 4 is 0 Å². The molecule has 0 spiro atoms. The van der Waals surface area contributed by atoms with E-state index in [1.807, 2.05) is 37.3 Å². The van der Waals surface area contributed by atoms with Crippen molar-refractivity contribution in [2.45, 2.75) is 19.6 Å². The highest BCUT2D eigenvalue weighted by atomic mass is 16.5. The van der Waals surface area contributed by atoms with Gasteiger partial charge < -0.3 is 19.3 Å². The van der Waals surface area contributed by atoms with Crippen LogP contribution in [-0.2, 0) is 20.8 Å². The molecule has 1 aromatic carbocycles. The molecule has 102 valence electrons. The lowest BCUT2D eigenvalue weighted by atomic mass is 10.2. The third kappa shape index (κ3) is 7.40. The van der Waals surface area contributed by atoms with E-state index in [0.29, 0.717) is 33.0 Å². The fourth-order valence-electron chi connectivity index (χ4n) is 1.35. The summed E-state index contributed by atoms with van der Waals surface area (Å²) < 4.78 is 16.0. The summed E-state index contributed by atoms with van der Waals surface area (Å²) in [5.74, 6) is 0. The minimum Gasteiger partial charge on any atom is -0.394 e. The Hall–Kier alpha value is -0.940. The number of hydrogen-bond donors (Lipinski definition) is 1. The SMILES string of the molecule is C[C@H](CO)OCCOCCOCc1ccccc1. The molecule has 0 aromatic heterocycles. The molecule has 1 atom stereocenters. The van der Waals surface area contributed by atoms with Gasteiger partial charge in [0.2, 0.25) is 0 Å². The second kappa shape index (κ2) is 10.0. The van der Waals surface area contributed by atoms with Gasteiger partial charge in [0.25, 0.3) is 0 Å². The van der Waals surface area contributed by atoms with Crippen LogP contribution >= 0.6 is 0 Å². The van der Waals surface area contributed by atoms with Gasteiger partial charge in [0.1, 0.15) is 0 Å². The second-order valence-electron chi connectivity index (χ2n) is 4.01. The number of benzene rings is 1. The number of aliphatic hydroxyl groups excluding tert-OH is 1. The molecule has 18 heavy (non-hydrogen) atoms. The van der Waals surface area contributed by atoms with Gasteiger partial charge in [-0.05, 0) is 12.5 Å². The zero-order chi connectivity index (χ0) is 13.1. The summed E-state index contributed by atoms with van der Waals surface area (Å²) in [5.41, 5.74) is 1.16. The van der Waals surface area contributed by atoms with Gasteiger partial charge in [-0.25, -0.2) is 0 Å². The van der Waals surface area contributed by atoms with Crippen molar-refractivity contribution in [2.24, 2.45) is 0 Å². The van der Waals surface area contributed by atoms with Gasteiger partial charge in [-0.3, -0.25) is 0 Å². The second-order valence-corrected chi connectivity index (χ2v) is 4.01. The Morgan fingerprint density at radius 1 is 1.00 bits per heavy atom. The first-order valence-electron chi connectivity index (χ1n) is 6.25. The summed E-state index contributed by atoms with van der Waals surface area (Å²) >= 11 is 0. The van der Waals surface area contributed by atoms with E-state index in [4.69, 9.17) is 19.3 Å². The lowest BCUT2D eigenvalue weighted by Gasteiger charge is -2.10. The van der Waals surface area contributed by atoms with Crippen LogP contribution in [0.4, 0.5) is 0 Å². The van der Waals surface area contributed by atoms with Gasteiger partial charge in [-0.15, -0.1) is 0 Å². The highest BCUT2D eigenvalue weighted by Crippen LogP contribution is 1.99. The van der Waals surface area contributed by atoms with Crippen molar-refractivity contribution in [1.29, 1.82) is 0 Å². The van der Waals surface area contributed by atoms with E-state index in [9.17, 15) is 0 Å². The van der Waals surface area contributed by atoms with E-state index in [-0.39, 0.29) is 12.7 Å². The monoisotopic (exact) mass is 254 g/mol. The van der Waals surface area contributed by atoms with Gasteiger partial charge >= 0.3 is 0 Å². The van der Waals surface area contributed by atoms with Crippen LogP contribution < -0.4 is 0 Å². The summed E-state index contributed by atoms with van der Waals surface area (Å²) in [6.45, 7) is 4.64. The maximum atomic E-state index is 8.73. The zero-order valence-corrected chi connectivity index (χ0v) is 10.9. The van der Waals surface area contributed by atoms with Crippen molar-refractivity contribution < 1.29 is 19.3 Å². The largest absolute Gasteiger partial charge is 0.394 e. The van der Waals surface area contributed by atoms with Crippen LogP contribution in [0.5, 0.6) is 0 Å². The van der Waals surface area contributed by atoms with E-state index < -0.39 is 0 Å². The molecule has 0 saturated carbocycles. The van der Waals surface area contributed by atoms with Gasteiger partial charge in [0, 0.05) is 0 Å². The average molecular weight is 254 g/mol. The third-order valence-electron chi connectivity index (χ3n) is 2.37. The topological polar surface area (TPSA) is 47.9 Å². The van der Waals surface area contributed by atoms with Crippen molar-refractivity contribution in [1.82, 2.24) is 0 Å². The van der Waals surface area contributed by atoms with Crippen LogP contribution in [0, 0.1) is 0 Å². The minimum absolute atomic E-state index is 0.0419. The van der Waals surface area contributed by atoms with E-state index in [2.05, 4.69) is 0 Å². The standard InChI is InChI=1S/C14H22O4/c1-13(11-15)18-10-9-16-7-8-17-12-14-5-3-2-4-6-14/h2-6,13,15H,7-12H2,1H3/t13-/m1/s1. The van der Waals surface area contributed by atoms with Gasteiger partial charge in [-0.2, -0.15) is 0 Å². The maximum Gasteiger partial charge on any atom is 0.0778 e. The lowest BCUT2D eigenvalue weighted by molar-refractivity contribution is -0.0231. The molecule has 0 radical (unpaired) electrons. The van der Waals surface area contributed by atoms with Crippen molar-refractivity contribution in [3.05, 3.63) is 35.9 Å². The van der Waals surface area contributed by atoms with Gasteiger partial charge in [0.15, 0.2) is 0 Å². The smallest absolute Gasteiger partial charge is 0.0778 e. The predicted molar refractivity (Wildman–Crippen MR) is 69.4 cm³/mol. The van der Waals surface area contributed by atoms with E-state index in [0.717, 1.165) is 5.56 Å². The van der Waals surface area contributed by atoms with Crippen LogP contribution in [0.1, 0.15) is 12.5 Å². The highest BCUT2D eigenvalue weighted by molar-refractivity contribution is 5.13. The first-order chi connectivity index (χ1) is 8.83. The molecule has 0 unspecified atom stereocenters. The number of hydrogen-bond acceptors (Lipinski definition) is 4.